The van der Waals surface area contributed by atoms with Crippen LogP contribution in [-0.4, -0.2) is 22.1 Å². The molecule has 1 heterocycles. The lowest BCUT2D eigenvalue weighted by Gasteiger charge is -2.18. The molecule has 126 valence electrons. The van der Waals surface area contributed by atoms with Gasteiger partial charge in [-0.05, 0) is 38.0 Å². The summed E-state index contributed by atoms with van der Waals surface area (Å²) in [6.45, 7) is 13.1. The molecular weight excluding hydrogens is 304 g/mol. The van der Waals surface area contributed by atoms with Gasteiger partial charge in [0.25, 0.3) is 0 Å². The Kier molecular flexibility index (Phi) is 6.75. The second kappa shape index (κ2) is 8.53. The minimum atomic E-state index is -1.10. The fourth-order valence-electron chi connectivity index (χ4n) is 1.84. The standard InChI is InChI=1S/C18H22N4O2/c1-6-13(5)21-17-16(18(23)24)14(7-8-20-17)22-15(11(2)3)9-12(4)10-19/h7-9,13H,2,4,6H2,1,3,5H3,(H,23,24)(H2,20,21,22)/b15-9+. The number of allylic oxidation sites excluding steroid dienone is 3. The molecule has 0 radical (unpaired) electrons. The molecule has 0 saturated heterocycles. The first-order valence-corrected chi connectivity index (χ1v) is 7.52. The molecule has 1 unspecified atom stereocenters. The molecule has 3 N–H and O–H groups in total. The highest BCUT2D eigenvalue weighted by Crippen LogP contribution is 2.26. The van der Waals surface area contributed by atoms with E-state index in [0.29, 0.717) is 22.8 Å². The van der Waals surface area contributed by atoms with Crippen LogP contribution in [0.25, 0.3) is 0 Å². The van der Waals surface area contributed by atoms with Crippen LogP contribution in [0, 0.1) is 11.3 Å². The van der Waals surface area contributed by atoms with Crippen molar-refractivity contribution >= 4 is 17.5 Å². The molecule has 0 aromatic carbocycles. The van der Waals surface area contributed by atoms with Gasteiger partial charge in [0.2, 0.25) is 0 Å². The number of nitrogens with zero attached hydrogens (tertiary/aromatic N) is 2. The SMILES string of the molecule is C=C(C#N)/C=C(/Nc1ccnc(NC(C)CC)c1C(=O)O)C(=C)C. The molecule has 0 aliphatic rings. The van der Waals surface area contributed by atoms with E-state index in [0.717, 1.165) is 6.42 Å². The number of hydrogen-bond acceptors (Lipinski definition) is 5. The largest absolute Gasteiger partial charge is 0.477 e. The van der Waals surface area contributed by atoms with Crippen molar-refractivity contribution in [1.29, 1.82) is 5.26 Å². The minimum Gasteiger partial charge on any atom is -0.477 e. The van der Waals surface area contributed by atoms with Gasteiger partial charge in [0.1, 0.15) is 11.4 Å². The Morgan fingerprint density at radius 2 is 2.21 bits per heavy atom. The molecule has 0 aliphatic carbocycles. The fraction of sp³-hybridized carbons (Fsp3) is 0.278. The Hall–Kier alpha value is -3.07. The van der Waals surface area contributed by atoms with E-state index in [1.807, 2.05) is 19.9 Å². The minimum absolute atomic E-state index is 0.0347. The summed E-state index contributed by atoms with van der Waals surface area (Å²) < 4.78 is 0. The van der Waals surface area contributed by atoms with Crippen LogP contribution in [0.1, 0.15) is 37.6 Å². The Morgan fingerprint density at radius 1 is 1.54 bits per heavy atom. The lowest BCUT2D eigenvalue weighted by Crippen LogP contribution is -2.18. The van der Waals surface area contributed by atoms with E-state index in [1.54, 1.807) is 13.0 Å². The van der Waals surface area contributed by atoms with Gasteiger partial charge in [0, 0.05) is 23.5 Å². The van der Waals surface area contributed by atoms with Gasteiger partial charge in [-0.3, -0.25) is 0 Å². The number of carboxylic acids is 1. The maximum Gasteiger partial charge on any atom is 0.341 e. The maximum absolute atomic E-state index is 11.7. The molecule has 0 spiro atoms. The highest BCUT2D eigenvalue weighted by molar-refractivity contribution is 5.99. The predicted molar refractivity (Wildman–Crippen MR) is 95.8 cm³/mol. The van der Waals surface area contributed by atoms with E-state index >= 15 is 0 Å². The van der Waals surface area contributed by atoms with Crippen LogP contribution >= 0.6 is 0 Å². The molecular formula is C18H22N4O2. The number of aromatic carboxylic acids is 1. The van der Waals surface area contributed by atoms with Crippen molar-refractivity contribution in [1.82, 2.24) is 4.98 Å². The Morgan fingerprint density at radius 3 is 2.71 bits per heavy atom. The van der Waals surface area contributed by atoms with Crippen LogP contribution < -0.4 is 10.6 Å². The first kappa shape index (κ1) is 19.0. The molecule has 0 amide bonds. The number of nitriles is 1. The quantitative estimate of drug-likeness (QED) is 0.494. The predicted octanol–water partition coefficient (Wildman–Crippen LogP) is 3.94. The number of rotatable bonds is 8. The van der Waals surface area contributed by atoms with Crippen LogP contribution in [-0.2, 0) is 0 Å². The number of nitrogens with one attached hydrogen (secondary N) is 2. The summed E-state index contributed by atoms with van der Waals surface area (Å²) in [4.78, 5) is 15.8. The van der Waals surface area contributed by atoms with Crippen LogP contribution in [0.5, 0.6) is 0 Å². The Balaban J connectivity index is 3.33. The van der Waals surface area contributed by atoms with Crippen molar-refractivity contribution in [3.8, 4) is 6.07 Å². The van der Waals surface area contributed by atoms with Crippen molar-refractivity contribution in [3.63, 3.8) is 0 Å². The van der Waals surface area contributed by atoms with Crippen molar-refractivity contribution in [2.75, 3.05) is 10.6 Å². The molecule has 0 fully saturated rings. The highest BCUT2D eigenvalue weighted by Gasteiger charge is 2.19. The summed E-state index contributed by atoms with van der Waals surface area (Å²) >= 11 is 0. The molecule has 0 bridgehead atoms. The van der Waals surface area contributed by atoms with Crippen molar-refractivity contribution in [2.45, 2.75) is 33.2 Å². The average Bonchev–Trinajstić information content (AvgIpc) is 2.53. The summed E-state index contributed by atoms with van der Waals surface area (Å²) in [6.07, 6.45) is 3.88. The smallest absolute Gasteiger partial charge is 0.341 e. The molecule has 6 heteroatoms. The molecule has 1 aromatic heterocycles. The van der Waals surface area contributed by atoms with E-state index in [-0.39, 0.29) is 17.2 Å². The number of hydrogen-bond donors (Lipinski definition) is 3. The van der Waals surface area contributed by atoms with Gasteiger partial charge >= 0.3 is 5.97 Å². The van der Waals surface area contributed by atoms with Gasteiger partial charge in [-0.25, -0.2) is 9.78 Å². The van der Waals surface area contributed by atoms with Gasteiger partial charge in [-0.1, -0.05) is 20.1 Å². The van der Waals surface area contributed by atoms with Gasteiger partial charge in [0.05, 0.1) is 11.8 Å². The third-order valence-electron chi connectivity index (χ3n) is 3.35. The first-order valence-electron chi connectivity index (χ1n) is 7.52. The first-order chi connectivity index (χ1) is 11.3. The van der Waals surface area contributed by atoms with Crippen LogP contribution in [0.2, 0.25) is 0 Å². The summed E-state index contributed by atoms with van der Waals surface area (Å²) in [5, 5.41) is 24.6. The van der Waals surface area contributed by atoms with Crippen LogP contribution in [0.3, 0.4) is 0 Å². The van der Waals surface area contributed by atoms with Crippen molar-refractivity contribution < 1.29 is 9.90 Å². The second-order valence-electron chi connectivity index (χ2n) is 5.44. The zero-order valence-electron chi connectivity index (χ0n) is 14.2. The van der Waals surface area contributed by atoms with E-state index in [1.165, 1.54) is 12.3 Å². The van der Waals surface area contributed by atoms with E-state index in [9.17, 15) is 9.90 Å². The Bertz CT molecular complexity index is 729. The van der Waals surface area contributed by atoms with Gasteiger partial charge in [0.15, 0.2) is 0 Å². The number of carbonyl (C=O) groups is 1. The summed E-state index contributed by atoms with van der Waals surface area (Å²) in [7, 11) is 0. The third kappa shape index (κ3) is 4.99. The third-order valence-corrected chi connectivity index (χ3v) is 3.35. The number of pyridine rings is 1. The monoisotopic (exact) mass is 326 g/mol. The van der Waals surface area contributed by atoms with Crippen LogP contribution in [0.4, 0.5) is 11.5 Å². The van der Waals surface area contributed by atoms with Crippen LogP contribution in [0.15, 0.2) is 48.3 Å². The normalized spacial score (nSPS) is 12.0. The molecule has 1 aromatic rings. The molecule has 0 saturated carbocycles. The molecule has 6 nitrogen and oxygen atoms in total. The number of carboxylic acid groups (broad SMARTS) is 1. The van der Waals surface area contributed by atoms with E-state index in [2.05, 4.69) is 28.8 Å². The summed E-state index contributed by atoms with van der Waals surface area (Å²) in [6, 6.07) is 3.58. The topological polar surface area (TPSA) is 98.0 Å². The zero-order valence-corrected chi connectivity index (χ0v) is 14.2. The van der Waals surface area contributed by atoms with Gasteiger partial charge in [-0.15, -0.1) is 0 Å². The van der Waals surface area contributed by atoms with Gasteiger partial charge < -0.3 is 15.7 Å². The number of aromatic nitrogens is 1. The molecule has 24 heavy (non-hydrogen) atoms. The zero-order chi connectivity index (χ0) is 18.3. The highest BCUT2D eigenvalue weighted by atomic mass is 16.4. The molecule has 1 atom stereocenters. The molecule has 0 aliphatic heterocycles. The summed E-state index contributed by atoms with van der Waals surface area (Å²) in [5.41, 5.74) is 1.81. The van der Waals surface area contributed by atoms with E-state index < -0.39 is 5.97 Å². The molecule has 1 rings (SSSR count). The Labute approximate surface area is 142 Å². The van der Waals surface area contributed by atoms with Crippen molar-refractivity contribution in [2.24, 2.45) is 0 Å². The lowest BCUT2D eigenvalue weighted by molar-refractivity contribution is 0.0698. The van der Waals surface area contributed by atoms with E-state index in [4.69, 9.17) is 5.26 Å². The fourth-order valence-corrected chi connectivity index (χ4v) is 1.84. The van der Waals surface area contributed by atoms with Gasteiger partial charge in [-0.2, -0.15) is 5.26 Å². The second-order valence-corrected chi connectivity index (χ2v) is 5.44. The maximum atomic E-state index is 11.7. The summed E-state index contributed by atoms with van der Waals surface area (Å²) in [5.74, 6) is -0.807. The average molecular weight is 326 g/mol. The number of anilines is 2. The van der Waals surface area contributed by atoms with Crippen molar-refractivity contribution in [3.05, 3.63) is 53.9 Å². The lowest BCUT2D eigenvalue weighted by atomic mass is 10.1.